The number of rotatable bonds is 4. The molecule has 0 aromatic heterocycles. The first-order chi connectivity index (χ1) is 11.9. The molecule has 5 nitrogen and oxygen atoms in total. The van der Waals surface area contributed by atoms with Crippen molar-refractivity contribution in [2.24, 2.45) is 0 Å². The molecule has 0 spiro atoms. The zero-order valence-corrected chi connectivity index (χ0v) is 14.6. The van der Waals surface area contributed by atoms with Crippen molar-refractivity contribution < 1.29 is 19.5 Å². The predicted molar refractivity (Wildman–Crippen MR) is 93.4 cm³/mol. The minimum Gasteiger partial charge on any atom is -0.545 e. The average molecular weight is 354 g/mol. The van der Waals surface area contributed by atoms with Crippen LogP contribution in [0.5, 0.6) is 0 Å². The van der Waals surface area contributed by atoms with Crippen molar-refractivity contribution in [2.45, 2.75) is 30.4 Å². The number of hydrogen-bond acceptors (Lipinski definition) is 5. The van der Waals surface area contributed by atoms with Crippen LogP contribution in [-0.2, 0) is 9.59 Å². The Morgan fingerprint density at radius 2 is 1.84 bits per heavy atom. The van der Waals surface area contributed by atoms with Gasteiger partial charge >= 0.3 is 0 Å². The van der Waals surface area contributed by atoms with Gasteiger partial charge in [-0.1, -0.05) is 30.3 Å². The van der Waals surface area contributed by atoms with Crippen molar-refractivity contribution in [1.29, 1.82) is 0 Å². The number of hydrogen-bond donors (Lipinski definition) is 0. The number of carbonyl (C=O) groups excluding carboxylic acids is 3. The van der Waals surface area contributed by atoms with Gasteiger partial charge in [0.1, 0.15) is 0 Å². The topological polar surface area (TPSA) is 77.5 Å². The molecule has 3 rings (SSSR count). The number of imide groups is 1. The van der Waals surface area contributed by atoms with E-state index in [0.717, 1.165) is 22.9 Å². The summed E-state index contributed by atoms with van der Waals surface area (Å²) in [4.78, 5) is 38.1. The molecule has 1 fully saturated rings. The lowest BCUT2D eigenvalue weighted by Gasteiger charge is -2.19. The molecule has 2 amide bonds. The van der Waals surface area contributed by atoms with Gasteiger partial charge < -0.3 is 9.90 Å². The Kier molecular flexibility index (Phi) is 4.63. The van der Waals surface area contributed by atoms with Crippen LogP contribution in [0.2, 0.25) is 0 Å². The molecule has 1 heterocycles. The van der Waals surface area contributed by atoms with Crippen LogP contribution in [0.15, 0.2) is 47.4 Å². The van der Waals surface area contributed by atoms with Crippen molar-refractivity contribution in [1.82, 2.24) is 0 Å². The highest BCUT2D eigenvalue weighted by Gasteiger charge is 2.41. The van der Waals surface area contributed by atoms with Crippen molar-refractivity contribution in [3.05, 3.63) is 59.2 Å². The molecule has 25 heavy (non-hydrogen) atoms. The summed E-state index contributed by atoms with van der Waals surface area (Å²) < 4.78 is 0. The minimum atomic E-state index is -1.30. The van der Waals surface area contributed by atoms with E-state index in [1.807, 2.05) is 26.0 Å². The number of aromatic carboxylic acids is 1. The number of amides is 2. The third-order valence-corrected chi connectivity index (χ3v) is 5.56. The van der Waals surface area contributed by atoms with E-state index in [2.05, 4.69) is 0 Å². The molecular weight excluding hydrogens is 338 g/mol. The van der Waals surface area contributed by atoms with Gasteiger partial charge in [0.05, 0.1) is 16.9 Å². The SMILES string of the molecule is Cc1cccc(N2C(=O)C[C@H](Sc3ccccc3C(=O)[O-])C2=O)c1C. The lowest BCUT2D eigenvalue weighted by molar-refractivity contribution is -0.255. The summed E-state index contributed by atoms with van der Waals surface area (Å²) in [5.41, 5.74) is 2.49. The fourth-order valence-electron chi connectivity index (χ4n) is 2.82. The molecule has 0 saturated carbocycles. The Balaban J connectivity index is 1.90. The van der Waals surface area contributed by atoms with E-state index in [1.54, 1.807) is 24.3 Å². The fourth-order valence-corrected chi connectivity index (χ4v) is 3.99. The van der Waals surface area contributed by atoms with Gasteiger partial charge in [-0.3, -0.25) is 9.59 Å². The Hall–Kier alpha value is -2.60. The van der Waals surface area contributed by atoms with Gasteiger partial charge in [-0.05, 0) is 37.1 Å². The monoisotopic (exact) mass is 354 g/mol. The smallest absolute Gasteiger partial charge is 0.247 e. The maximum Gasteiger partial charge on any atom is 0.247 e. The maximum atomic E-state index is 12.8. The quantitative estimate of drug-likeness (QED) is 0.786. The van der Waals surface area contributed by atoms with E-state index in [4.69, 9.17) is 0 Å². The highest BCUT2D eigenvalue weighted by Crippen LogP contribution is 2.36. The molecule has 2 aromatic rings. The summed E-state index contributed by atoms with van der Waals surface area (Å²) in [5, 5.41) is 10.6. The van der Waals surface area contributed by atoms with E-state index < -0.39 is 11.2 Å². The normalized spacial score (nSPS) is 17.2. The number of carbonyl (C=O) groups is 3. The van der Waals surface area contributed by atoms with E-state index in [0.29, 0.717) is 10.6 Å². The van der Waals surface area contributed by atoms with E-state index in [-0.39, 0.29) is 23.8 Å². The first-order valence-electron chi connectivity index (χ1n) is 7.80. The zero-order chi connectivity index (χ0) is 18.1. The van der Waals surface area contributed by atoms with Crippen LogP contribution in [0.3, 0.4) is 0 Å². The summed E-state index contributed by atoms with van der Waals surface area (Å²) in [5.74, 6) is -1.90. The lowest BCUT2D eigenvalue weighted by Crippen LogP contribution is -2.32. The van der Waals surface area contributed by atoms with Crippen LogP contribution in [0.1, 0.15) is 27.9 Å². The van der Waals surface area contributed by atoms with Crippen molar-refractivity contribution >= 4 is 35.2 Å². The maximum absolute atomic E-state index is 12.8. The van der Waals surface area contributed by atoms with E-state index >= 15 is 0 Å². The third kappa shape index (κ3) is 3.17. The van der Waals surface area contributed by atoms with Crippen molar-refractivity contribution in [3.63, 3.8) is 0 Å². The van der Waals surface area contributed by atoms with Crippen LogP contribution in [-0.4, -0.2) is 23.0 Å². The highest BCUT2D eigenvalue weighted by molar-refractivity contribution is 8.00. The van der Waals surface area contributed by atoms with E-state index in [9.17, 15) is 19.5 Å². The largest absolute Gasteiger partial charge is 0.545 e. The van der Waals surface area contributed by atoms with Gasteiger partial charge in [0.25, 0.3) is 0 Å². The van der Waals surface area contributed by atoms with Gasteiger partial charge in [-0.2, -0.15) is 0 Å². The van der Waals surface area contributed by atoms with Gasteiger partial charge in [0, 0.05) is 16.9 Å². The first-order valence-corrected chi connectivity index (χ1v) is 8.68. The molecule has 1 saturated heterocycles. The Bertz CT molecular complexity index is 877. The standard InChI is InChI=1S/C19H17NO4S/c1-11-6-5-8-14(12(11)2)20-17(21)10-16(18(20)22)25-15-9-4-3-7-13(15)19(23)24/h3-9,16H,10H2,1-2H3,(H,23,24)/p-1/t16-/m0/s1. The van der Waals surface area contributed by atoms with Gasteiger partial charge in [0.15, 0.2) is 0 Å². The van der Waals surface area contributed by atoms with Crippen LogP contribution < -0.4 is 10.0 Å². The second kappa shape index (κ2) is 6.72. The fraction of sp³-hybridized carbons (Fsp3) is 0.211. The molecule has 0 aliphatic carbocycles. The number of carboxylic acids is 1. The Labute approximate surface area is 149 Å². The molecule has 0 N–H and O–H groups in total. The third-order valence-electron chi connectivity index (χ3n) is 4.30. The van der Waals surface area contributed by atoms with Gasteiger partial charge in [0.2, 0.25) is 11.8 Å². The summed E-state index contributed by atoms with van der Waals surface area (Å²) in [6.07, 6.45) is 0.0399. The molecule has 2 aromatic carbocycles. The summed E-state index contributed by atoms with van der Waals surface area (Å²) in [6.45, 7) is 3.79. The number of anilines is 1. The molecule has 1 aliphatic heterocycles. The Morgan fingerprint density at radius 3 is 2.56 bits per heavy atom. The first kappa shape index (κ1) is 17.2. The lowest BCUT2D eigenvalue weighted by atomic mass is 10.1. The van der Waals surface area contributed by atoms with Gasteiger partial charge in [-0.15, -0.1) is 11.8 Å². The average Bonchev–Trinajstić information content (AvgIpc) is 2.85. The van der Waals surface area contributed by atoms with Crippen LogP contribution in [0.25, 0.3) is 0 Å². The van der Waals surface area contributed by atoms with Crippen molar-refractivity contribution in [2.75, 3.05) is 4.90 Å². The molecule has 0 radical (unpaired) electrons. The number of benzene rings is 2. The molecule has 1 atom stereocenters. The molecule has 0 unspecified atom stereocenters. The summed E-state index contributed by atoms with van der Waals surface area (Å²) >= 11 is 1.09. The molecule has 0 bridgehead atoms. The molecule has 1 aliphatic rings. The number of nitrogens with zero attached hydrogens (tertiary/aromatic N) is 1. The van der Waals surface area contributed by atoms with Crippen LogP contribution in [0, 0.1) is 13.8 Å². The van der Waals surface area contributed by atoms with Gasteiger partial charge in [-0.25, -0.2) is 4.90 Å². The van der Waals surface area contributed by atoms with Crippen molar-refractivity contribution in [3.8, 4) is 0 Å². The van der Waals surface area contributed by atoms with Crippen LogP contribution in [0.4, 0.5) is 5.69 Å². The number of aryl methyl sites for hydroxylation is 1. The summed E-state index contributed by atoms with van der Waals surface area (Å²) in [6, 6.07) is 11.8. The van der Waals surface area contributed by atoms with E-state index in [1.165, 1.54) is 11.0 Å². The Morgan fingerprint density at radius 1 is 1.12 bits per heavy atom. The molecule has 6 heteroatoms. The number of thioether (sulfide) groups is 1. The molecular formula is C19H16NO4S-. The van der Waals surface area contributed by atoms with Crippen LogP contribution >= 0.6 is 11.8 Å². The number of carboxylic acid groups (broad SMARTS) is 1. The predicted octanol–water partition coefficient (Wildman–Crippen LogP) is 2.09. The second-order valence-corrected chi connectivity index (χ2v) is 7.13. The zero-order valence-electron chi connectivity index (χ0n) is 13.8. The second-order valence-electron chi connectivity index (χ2n) is 5.88. The highest BCUT2D eigenvalue weighted by atomic mass is 32.2. The summed E-state index contributed by atoms with van der Waals surface area (Å²) in [7, 11) is 0. The minimum absolute atomic E-state index is 0.0259. The molecule has 128 valence electrons.